The highest BCUT2D eigenvalue weighted by molar-refractivity contribution is 5.85. The lowest BCUT2D eigenvalue weighted by atomic mass is 10.1. The summed E-state index contributed by atoms with van der Waals surface area (Å²) < 4.78 is 40.2. The Hall–Kier alpha value is -2.34. The van der Waals surface area contributed by atoms with Crippen LogP contribution >= 0.6 is 12.4 Å². The zero-order chi connectivity index (χ0) is 15.0. The average molecular weight is 327 g/mol. The SMILES string of the molecule is Cl.O=Cc1cn2cc(C(F)(F)F)cc(-c3ccccc3)c2n1. The average Bonchev–Trinajstić information content (AvgIpc) is 2.89. The zero-order valence-electron chi connectivity index (χ0n) is 11.0. The molecule has 2 heterocycles. The number of nitrogens with zero attached hydrogens (tertiary/aromatic N) is 2. The monoisotopic (exact) mass is 326 g/mol. The van der Waals surface area contributed by atoms with Crippen molar-refractivity contribution < 1.29 is 18.0 Å². The molecule has 0 unspecified atom stereocenters. The minimum atomic E-state index is -4.47. The highest BCUT2D eigenvalue weighted by Gasteiger charge is 2.32. The van der Waals surface area contributed by atoms with Crippen LogP contribution in [0.4, 0.5) is 13.2 Å². The van der Waals surface area contributed by atoms with Gasteiger partial charge in [0.2, 0.25) is 0 Å². The molecule has 0 amide bonds. The van der Waals surface area contributed by atoms with E-state index in [4.69, 9.17) is 0 Å². The number of imidazole rings is 1. The van der Waals surface area contributed by atoms with Crippen molar-refractivity contribution in [1.82, 2.24) is 9.38 Å². The minimum absolute atomic E-state index is 0. The molecule has 0 aliphatic rings. The van der Waals surface area contributed by atoms with Gasteiger partial charge < -0.3 is 4.40 Å². The first-order valence-electron chi connectivity index (χ1n) is 6.09. The van der Waals surface area contributed by atoms with Crippen molar-refractivity contribution in [2.45, 2.75) is 6.18 Å². The van der Waals surface area contributed by atoms with E-state index in [1.54, 1.807) is 30.3 Å². The molecule has 3 aromatic rings. The summed E-state index contributed by atoms with van der Waals surface area (Å²) in [6.07, 6.45) is -1.75. The summed E-state index contributed by atoms with van der Waals surface area (Å²) in [6.45, 7) is 0. The van der Waals surface area contributed by atoms with E-state index in [9.17, 15) is 18.0 Å². The van der Waals surface area contributed by atoms with Gasteiger partial charge in [-0.3, -0.25) is 4.79 Å². The van der Waals surface area contributed by atoms with Gasteiger partial charge in [0.05, 0.1) is 5.56 Å². The third-order valence-electron chi connectivity index (χ3n) is 3.10. The molecular weight excluding hydrogens is 317 g/mol. The fraction of sp³-hybridized carbons (Fsp3) is 0.0667. The van der Waals surface area contributed by atoms with Gasteiger partial charge in [-0.15, -0.1) is 12.4 Å². The second kappa shape index (κ2) is 5.81. The summed E-state index contributed by atoms with van der Waals surface area (Å²) >= 11 is 0. The summed E-state index contributed by atoms with van der Waals surface area (Å²) in [5.74, 6) is 0. The van der Waals surface area contributed by atoms with Crippen LogP contribution in [0.25, 0.3) is 16.8 Å². The maximum atomic E-state index is 13.0. The number of alkyl halides is 3. The number of halogens is 4. The molecule has 22 heavy (non-hydrogen) atoms. The molecule has 0 saturated heterocycles. The molecule has 0 N–H and O–H groups in total. The van der Waals surface area contributed by atoms with Crippen LogP contribution in [0.1, 0.15) is 16.1 Å². The van der Waals surface area contributed by atoms with Crippen molar-refractivity contribution in [3.8, 4) is 11.1 Å². The smallest absolute Gasteiger partial charge is 0.305 e. The molecule has 114 valence electrons. The van der Waals surface area contributed by atoms with Crippen LogP contribution < -0.4 is 0 Å². The summed E-state index contributed by atoms with van der Waals surface area (Å²) in [6, 6.07) is 9.68. The van der Waals surface area contributed by atoms with E-state index < -0.39 is 11.7 Å². The third kappa shape index (κ3) is 2.82. The van der Waals surface area contributed by atoms with E-state index >= 15 is 0 Å². The molecule has 3 rings (SSSR count). The van der Waals surface area contributed by atoms with Crippen LogP contribution in [-0.2, 0) is 6.18 Å². The van der Waals surface area contributed by atoms with Crippen LogP contribution in [-0.4, -0.2) is 15.7 Å². The van der Waals surface area contributed by atoms with Crippen LogP contribution in [0.3, 0.4) is 0 Å². The first-order valence-corrected chi connectivity index (χ1v) is 6.09. The molecule has 2 aromatic heterocycles. The van der Waals surface area contributed by atoms with Crippen LogP contribution in [0.5, 0.6) is 0 Å². The minimum Gasteiger partial charge on any atom is -0.305 e. The molecule has 0 radical (unpaired) electrons. The van der Waals surface area contributed by atoms with Crippen LogP contribution in [0.2, 0.25) is 0 Å². The molecule has 0 atom stereocenters. The van der Waals surface area contributed by atoms with Crippen molar-refractivity contribution in [2.24, 2.45) is 0 Å². The largest absolute Gasteiger partial charge is 0.417 e. The van der Waals surface area contributed by atoms with Crippen molar-refractivity contribution in [3.63, 3.8) is 0 Å². The van der Waals surface area contributed by atoms with Gasteiger partial charge in [-0.2, -0.15) is 13.2 Å². The molecule has 0 saturated carbocycles. The van der Waals surface area contributed by atoms with E-state index in [-0.39, 0.29) is 18.1 Å². The Morgan fingerprint density at radius 2 is 1.77 bits per heavy atom. The summed E-state index contributed by atoms with van der Waals surface area (Å²) in [5, 5.41) is 0. The molecule has 0 fully saturated rings. The molecule has 3 nitrogen and oxygen atoms in total. The summed E-state index contributed by atoms with van der Waals surface area (Å²) in [5.41, 5.74) is 0.557. The number of carbonyl (C=O) groups excluding carboxylic acids is 1. The van der Waals surface area contributed by atoms with E-state index in [1.165, 1.54) is 10.6 Å². The fourth-order valence-corrected chi connectivity index (χ4v) is 2.16. The van der Waals surface area contributed by atoms with E-state index in [1.807, 2.05) is 0 Å². The normalized spacial score (nSPS) is 11.2. The van der Waals surface area contributed by atoms with Crippen LogP contribution in [0.15, 0.2) is 48.8 Å². The molecule has 7 heteroatoms. The highest BCUT2D eigenvalue weighted by Crippen LogP contribution is 2.34. The maximum Gasteiger partial charge on any atom is 0.417 e. The Labute approximate surface area is 129 Å². The molecule has 0 aliphatic carbocycles. The second-order valence-electron chi connectivity index (χ2n) is 4.52. The standard InChI is InChI=1S/C15H9F3N2O.ClH/c16-15(17,18)11-6-13(10-4-2-1-3-5-10)14-19-12(9-21)8-20(14)7-11;/h1-9H;1H. The predicted molar refractivity (Wildman–Crippen MR) is 78.3 cm³/mol. The molecular formula is C15H10ClF3N2O. The van der Waals surface area contributed by atoms with Gasteiger partial charge in [-0.05, 0) is 11.6 Å². The molecule has 0 aliphatic heterocycles. The van der Waals surface area contributed by atoms with E-state index in [0.29, 0.717) is 23.1 Å². The number of carbonyl (C=O) groups is 1. The van der Waals surface area contributed by atoms with Gasteiger partial charge >= 0.3 is 6.18 Å². The first-order chi connectivity index (χ1) is 9.99. The van der Waals surface area contributed by atoms with Crippen LogP contribution in [0, 0.1) is 0 Å². The Kier molecular flexibility index (Phi) is 4.23. The second-order valence-corrected chi connectivity index (χ2v) is 4.52. The van der Waals surface area contributed by atoms with Gasteiger partial charge in [-0.25, -0.2) is 4.98 Å². The number of rotatable bonds is 2. The number of fused-ring (bicyclic) bond motifs is 1. The van der Waals surface area contributed by atoms with E-state index in [2.05, 4.69) is 4.98 Å². The zero-order valence-corrected chi connectivity index (χ0v) is 11.9. The van der Waals surface area contributed by atoms with Crippen molar-refractivity contribution >= 4 is 24.3 Å². The predicted octanol–water partition coefficient (Wildman–Crippen LogP) is 4.25. The third-order valence-corrected chi connectivity index (χ3v) is 3.10. The maximum absolute atomic E-state index is 13.0. The molecule has 0 spiro atoms. The number of aldehydes is 1. The lowest BCUT2D eigenvalue weighted by molar-refractivity contribution is -0.137. The summed E-state index contributed by atoms with van der Waals surface area (Å²) in [4.78, 5) is 14.9. The Morgan fingerprint density at radius 3 is 2.36 bits per heavy atom. The van der Waals surface area contributed by atoms with Crippen molar-refractivity contribution in [3.05, 3.63) is 60.0 Å². The highest BCUT2D eigenvalue weighted by atomic mass is 35.5. The lowest BCUT2D eigenvalue weighted by Gasteiger charge is -2.11. The number of hydrogen-bond acceptors (Lipinski definition) is 2. The fourth-order valence-electron chi connectivity index (χ4n) is 2.16. The first kappa shape index (κ1) is 16.0. The quantitative estimate of drug-likeness (QED) is 0.660. The Morgan fingerprint density at radius 1 is 1.09 bits per heavy atom. The lowest BCUT2D eigenvalue weighted by Crippen LogP contribution is -2.07. The van der Waals surface area contributed by atoms with Gasteiger partial charge in [0.1, 0.15) is 11.3 Å². The van der Waals surface area contributed by atoms with Gasteiger partial charge in [0.15, 0.2) is 6.29 Å². The molecule has 0 bridgehead atoms. The van der Waals surface area contributed by atoms with E-state index in [0.717, 1.165) is 12.3 Å². The van der Waals surface area contributed by atoms with Gasteiger partial charge in [0, 0.05) is 18.0 Å². The Balaban J connectivity index is 0.00000176. The van der Waals surface area contributed by atoms with Crippen molar-refractivity contribution in [1.29, 1.82) is 0 Å². The van der Waals surface area contributed by atoms with Gasteiger partial charge in [0.25, 0.3) is 0 Å². The summed E-state index contributed by atoms with van der Waals surface area (Å²) in [7, 11) is 0. The Bertz CT molecular complexity index is 813. The molecule has 1 aromatic carbocycles. The number of pyridine rings is 1. The van der Waals surface area contributed by atoms with Crippen molar-refractivity contribution in [2.75, 3.05) is 0 Å². The van der Waals surface area contributed by atoms with Gasteiger partial charge in [-0.1, -0.05) is 30.3 Å². The number of hydrogen-bond donors (Lipinski definition) is 0. The number of aromatic nitrogens is 2. The number of benzene rings is 1. The topological polar surface area (TPSA) is 34.4 Å².